The number of benzene rings is 2. The second-order valence-electron chi connectivity index (χ2n) is 7.35. The van der Waals surface area contributed by atoms with Crippen molar-refractivity contribution in [1.82, 2.24) is 20.0 Å². The standard InChI is InChI=1S/C24H30N4O2/c1-5-27(18(2)3)16-15-25-24(29)21-17-28(19-11-7-6-8-12-19)26-23(21)20-13-9-10-14-22(20)30-4/h6-14,17-18H,5,15-16H2,1-4H3,(H,25,29). The van der Waals surface area contributed by atoms with Crippen molar-refractivity contribution < 1.29 is 9.53 Å². The lowest BCUT2D eigenvalue weighted by molar-refractivity contribution is 0.0946. The lowest BCUT2D eigenvalue weighted by atomic mass is 10.1. The van der Waals surface area contributed by atoms with Crippen LogP contribution in [0.1, 0.15) is 31.1 Å². The lowest BCUT2D eigenvalue weighted by Gasteiger charge is -2.24. The van der Waals surface area contributed by atoms with Crippen LogP contribution >= 0.6 is 0 Å². The minimum Gasteiger partial charge on any atom is -0.496 e. The van der Waals surface area contributed by atoms with Gasteiger partial charge in [-0.05, 0) is 44.7 Å². The van der Waals surface area contributed by atoms with E-state index < -0.39 is 0 Å². The number of rotatable bonds is 9. The first-order chi connectivity index (χ1) is 14.5. The quantitative estimate of drug-likeness (QED) is 0.583. The third-order valence-corrected chi connectivity index (χ3v) is 5.16. The van der Waals surface area contributed by atoms with Crippen LogP contribution in [0.25, 0.3) is 16.9 Å². The largest absolute Gasteiger partial charge is 0.496 e. The van der Waals surface area contributed by atoms with E-state index in [1.165, 1.54) is 0 Å². The number of hydrogen-bond acceptors (Lipinski definition) is 4. The van der Waals surface area contributed by atoms with Crippen molar-refractivity contribution in [3.8, 4) is 22.7 Å². The smallest absolute Gasteiger partial charge is 0.255 e. The molecule has 0 spiro atoms. The number of methoxy groups -OCH3 is 1. The van der Waals surface area contributed by atoms with Gasteiger partial charge in [-0.1, -0.05) is 37.3 Å². The van der Waals surface area contributed by atoms with Crippen LogP contribution in [-0.4, -0.2) is 53.4 Å². The van der Waals surface area contributed by atoms with Gasteiger partial charge in [0.15, 0.2) is 0 Å². The van der Waals surface area contributed by atoms with Gasteiger partial charge < -0.3 is 10.1 Å². The first-order valence-corrected chi connectivity index (χ1v) is 10.4. The number of nitrogens with one attached hydrogen (secondary N) is 1. The second kappa shape index (κ2) is 10.1. The summed E-state index contributed by atoms with van der Waals surface area (Å²) in [6.45, 7) is 8.78. The average Bonchev–Trinajstić information content (AvgIpc) is 3.22. The Balaban J connectivity index is 1.92. The molecule has 3 rings (SSSR count). The van der Waals surface area contributed by atoms with Crippen LogP contribution in [0, 0.1) is 0 Å². The van der Waals surface area contributed by atoms with E-state index in [1.807, 2.05) is 54.6 Å². The van der Waals surface area contributed by atoms with Gasteiger partial charge in [0.05, 0.1) is 18.4 Å². The van der Waals surface area contributed by atoms with Gasteiger partial charge >= 0.3 is 0 Å². The van der Waals surface area contributed by atoms with Crippen molar-refractivity contribution >= 4 is 5.91 Å². The number of para-hydroxylation sites is 2. The molecule has 6 heteroatoms. The molecular weight excluding hydrogens is 376 g/mol. The van der Waals surface area contributed by atoms with E-state index in [1.54, 1.807) is 18.0 Å². The predicted octanol–water partition coefficient (Wildman–Crippen LogP) is 4.01. The van der Waals surface area contributed by atoms with Crippen molar-refractivity contribution in [2.75, 3.05) is 26.7 Å². The summed E-state index contributed by atoms with van der Waals surface area (Å²) in [5, 5.41) is 7.79. The molecule has 30 heavy (non-hydrogen) atoms. The third kappa shape index (κ3) is 4.89. The Morgan fingerprint density at radius 1 is 1.13 bits per heavy atom. The van der Waals surface area contributed by atoms with E-state index in [-0.39, 0.29) is 5.91 Å². The maximum Gasteiger partial charge on any atom is 0.255 e. The van der Waals surface area contributed by atoms with E-state index in [2.05, 4.69) is 31.0 Å². The normalized spacial score (nSPS) is 11.1. The van der Waals surface area contributed by atoms with E-state index in [0.29, 0.717) is 29.6 Å². The minimum atomic E-state index is -0.141. The first-order valence-electron chi connectivity index (χ1n) is 10.4. The summed E-state index contributed by atoms with van der Waals surface area (Å²) in [6.07, 6.45) is 1.78. The highest BCUT2D eigenvalue weighted by Crippen LogP contribution is 2.31. The molecule has 1 heterocycles. The molecule has 0 radical (unpaired) electrons. The monoisotopic (exact) mass is 406 g/mol. The Labute approximate surface area is 178 Å². The summed E-state index contributed by atoms with van der Waals surface area (Å²) < 4.78 is 7.25. The molecular formula is C24H30N4O2. The highest BCUT2D eigenvalue weighted by atomic mass is 16.5. The van der Waals surface area contributed by atoms with Crippen molar-refractivity contribution in [3.63, 3.8) is 0 Å². The SMILES string of the molecule is CCN(CCNC(=O)c1cn(-c2ccccc2)nc1-c1ccccc1OC)C(C)C. The maximum atomic E-state index is 13.1. The fourth-order valence-electron chi connectivity index (χ4n) is 3.48. The number of ether oxygens (including phenoxy) is 1. The van der Waals surface area contributed by atoms with Crippen LogP contribution in [0.4, 0.5) is 0 Å². The summed E-state index contributed by atoms with van der Waals surface area (Å²) in [6, 6.07) is 17.8. The van der Waals surface area contributed by atoms with Crippen molar-refractivity contribution in [3.05, 3.63) is 66.4 Å². The van der Waals surface area contributed by atoms with Crippen LogP contribution in [0.15, 0.2) is 60.8 Å². The van der Waals surface area contributed by atoms with Crippen molar-refractivity contribution in [2.24, 2.45) is 0 Å². The summed E-state index contributed by atoms with van der Waals surface area (Å²) in [5.74, 6) is 0.541. The fourth-order valence-corrected chi connectivity index (χ4v) is 3.48. The van der Waals surface area contributed by atoms with E-state index in [4.69, 9.17) is 9.84 Å². The maximum absolute atomic E-state index is 13.1. The topological polar surface area (TPSA) is 59.4 Å². The molecule has 0 bridgehead atoms. The molecule has 0 atom stereocenters. The zero-order valence-corrected chi connectivity index (χ0v) is 18.1. The predicted molar refractivity (Wildman–Crippen MR) is 120 cm³/mol. The number of nitrogens with zero attached hydrogens (tertiary/aromatic N) is 3. The summed E-state index contributed by atoms with van der Waals surface area (Å²) in [7, 11) is 1.62. The van der Waals surface area contributed by atoms with Gasteiger partial charge in [0.1, 0.15) is 11.4 Å². The Kier molecular flexibility index (Phi) is 7.25. The van der Waals surface area contributed by atoms with E-state index in [9.17, 15) is 4.79 Å². The van der Waals surface area contributed by atoms with E-state index >= 15 is 0 Å². The van der Waals surface area contributed by atoms with Gasteiger partial charge in [-0.25, -0.2) is 4.68 Å². The molecule has 0 aliphatic heterocycles. The van der Waals surface area contributed by atoms with Gasteiger partial charge in [-0.2, -0.15) is 5.10 Å². The van der Waals surface area contributed by atoms with Gasteiger partial charge in [0.25, 0.3) is 5.91 Å². The highest BCUT2D eigenvalue weighted by molar-refractivity contribution is 6.00. The summed E-state index contributed by atoms with van der Waals surface area (Å²) >= 11 is 0. The van der Waals surface area contributed by atoms with Crippen molar-refractivity contribution in [2.45, 2.75) is 26.8 Å². The molecule has 3 aromatic rings. The van der Waals surface area contributed by atoms with Gasteiger partial charge in [-0.15, -0.1) is 0 Å². The molecule has 0 unspecified atom stereocenters. The molecule has 158 valence electrons. The number of aromatic nitrogens is 2. The highest BCUT2D eigenvalue weighted by Gasteiger charge is 2.21. The molecule has 1 aromatic heterocycles. The third-order valence-electron chi connectivity index (χ3n) is 5.16. The molecule has 0 aliphatic carbocycles. The Hall–Kier alpha value is -3.12. The molecule has 0 saturated heterocycles. The average molecular weight is 407 g/mol. The fraction of sp³-hybridized carbons (Fsp3) is 0.333. The molecule has 2 aromatic carbocycles. The zero-order valence-electron chi connectivity index (χ0n) is 18.1. The Morgan fingerprint density at radius 3 is 2.50 bits per heavy atom. The number of hydrogen-bond donors (Lipinski definition) is 1. The van der Waals surface area contributed by atoms with Crippen LogP contribution in [-0.2, 0) is 0 Å². The van der Waals surface area contributed by atoms with E-state index in [0.717, 1.165) is 24.3 Å². The number of carbonyl (C=O) groups excluding carboxylic acids is 1. The number of carbonyl (C=O) groups is 1. The van der Waals surface area contributed by atoms with Crippen LogP contribution in [0.5, 0.6) is 5.75 Å². The van der Waals surface area contributed by atoms with Crippen LogP contribution in [0.3, 0.4) is 0 Å². The molecule has 0 aliphatic rings. The van der Waals surface area contributed by atoms with Gasteiger partial charge in [0, 0.05) is 30.9 Å². The summed E-state index contributed by atoms with van der Waals surface area (Å²) in [4.78, 5) is 15.4. The van der Waals surface area contributed by atoms with Crippen LogP contribution in [0.2, 0.25) is 0 Å². The Morgan fingerprint density at radius 2 is 1.83 bits per heavy atom. The first kappa shape index (κ1) is 21.6. The zero-order chi connectivity index (χ0) is 21.5. The lowest BCUT2D eigenvalue weighted by Crippen LogP contribution is -2.38. The van der Waals surface area contributed by atoms with Crippen LogP contribution < -0.4 is 10.1 Å². The minimum absolute atomic E-state index is 0.141. The number of likely N-dealkylation sites (N-methyl/N-ethyl adjacent to an activating group) is 1. The second-order valence-corrected chi connectivity index (χ2v) is 7.35. The van der Waals surface area contributed by atoms with Crippen molar-refractivity contribution in [1.29, 1.82) is 0 Å². The molecule has 0 saturated carbocycles. The molecule has 1 amide bonds. The molecule has 1 N–H and O–H groups in total. The van der Waals surface area contributed by atoms with Gasteiger partial charge in [-0.3, -0.25) is 9.69 Å². The summed E-state index contributed by atoms with van der Waals surface area (Å²) in [5.41, 5.74) is 2.81. The molecule has 6 nitrogen and oxygen atoms in total. The van der Waals surface area contributed by atoms with Gasteiger partial charge in [0.2, 0.25) is 0 Å². The Bertz CT molecular complexity index is 966. The number of amides is 1. The molecule has 0 fully saturated rings.